The maximum absolute atomic E-state index is 12.5. The molecule has 3 N–H and O–H groups in total. The van der Waals surface area contributed by atoms with Gasteiger partial charge in [0, 0.05) is 12.8 Å². The smallest absolute Gasteiger partial charge is 0.305 e. The maximum Gasteiger partial charge on any atom is 0.305 e. The highest BCUT2D eigenvalue weighted by atomic mass is 16.5. The van der Waals surface area contributed by atoms with Crippen molar-refractivity contribution in [2.45, 2.75) is 392 Å². The average molecular weight is 1080 g/mol. The number of esters is 1. The molecule has 0 spiro atoms. The van der Waals surface area contributed by atoms with E-state index in [9.17, 15) is 19.8 Å². The summed E-state index contributed by atoms with van der Waals surface area (Å²) < 4.78 is 5.50. The summed E-state index contributed by atoms with van der Waals surface area (Å²) in [6.07, 6.45) is 84.6. The Labute approximate surface area is 481 Å². The van der Waals surface area contributed by atoms with Crippen LogP contribution in [0.4, 0.5) is 0 Å². The molecule has 2 atom stereocenters. The van der Waals surface area contributed by atoms with Crippen LogP contribution in [0, 0.1) is 0 Å². The number of aliphatic hydroxyl groups excluding tert-OH is 2. The monoisotopic (exact) mass is 1080 g/mol. The third-order valence-electron chi connectivity index (χ3n) is 16.2. The van der Waals surface area contributed by atoms with E-state index < -0.39 is 12.1 Å². The van der Waals surface area contributed by atoms with Crippen LogP contribution in [0.5, 0.6) is 0 Å². The van der Waals surface area contributed by atoms with Gasteiger partial charge in [0.2, 0.25) is 5.91 Å². The summed E-state index contributed by atoms with van der Waals surface area (Å²) >= 11 is 0. The van der Waals surface area contributed by atoms with E-state index >= 15 is 0 Å². The first-order valence-electron chi connectivity index (χ1n) is 34.7. The fourth-order valence-electron chi connectivity index (χ4n) is 10.8. The fourth-order valence-corrected chi connectivity index (χ4v) is 10.8. The zero-order valence-electron chi connectivity index (χ0n) is 52.0. The topological polar surface area (TPSA) is 95.9 Å². The molecular weight excluding hydrogens is 947 g/mol. The van der Waals surface area contributed by atoms with Crippen LogP contribution >= 0.6 is 0 Å². The zero-order valence-corrected chi connectivity index (χ0v) is 52.0. The van der Waals surface area contributed by atoms with Crippen LogP contribution in [-0.2, 0) is 14.3 Å². The largest absolute Gasteiger partial charge is 0.466 e. The highest BCUT2D eigenvalue weighted by molar-refractivity contribution is 5.76. The molecule has 0 aromatic carbocycles. The van der Waals surface area contributed by atoms with Crippen molar-refractivity contribution in [1.29, 1.82) is 0 Å². The lowest BCUT2D eigenvalue weighted by atomic mass is 10.0. The lowest BCUT2D eigenvalue weighted by Gasteiger charge is -2.22. The van der Waals surface area contributed by atoms with Crippen LogP contribution in [0.3, 0.4) is 0 Å². The van der Waals surface area contributed by atoms with Crippen LogP contribution in [0.1, 0.15) is 380 Å². The second-order valence-electron chi connectivity index (χ2n) is 23.9. The van der Waals surface area contributed by atoms with Gasteiger partial charge in [-0.3, -0.25) is 9.59 Å². The van der Waals surface area contributed by atoms with Gasteiger partial charge in [0.15, 0.2) is 0 Å². The number of hydrogen-bond acceptors (Lipinski definition) is 5. The number of aliphatic hydroxyl groups is 2. The third-order valence-corrected chi connectivity index (χ3v) is 16.2. The second kappa shape index (κ2) is 66.6. The van der Waals surface area contributed by atoms with Crippen molar-refractivity contribution >= 4 is 11.9 Å². The predicted molar refractivity (Wildman–Crippen MR) is 338 cm³/mol. The number of allylic oxidation sites excluding steroid dienone is 6. The minimum atomic E-state index is -0.672. The van der Waals surface area contributed by atoms with Gasteiger partial charge in [-0.2, -0.15) is 0 Å². The number of ether oxygens (including phenoxy) is 1. The standard InChI is InChI=1S/C71H135NO5/c1-3-5-7-9-11-13-15-17-19-21-28-33-37-41-45-49-53-57-61-65-71(76)77-66-62-58-54-50-46-42-38-34-30-27-25-23-24-26-29-32-36-40-44-48-52-56-60-64-70(75)72-68(67-73)69(74)63-59-55-51-47-43-39-35-31-22-20-18-16-14-12-10-8-6-4-2/h17,19,23,25-26,29,68-69,73-74H,3-16,18,20-22,24,27-28,30-67H2,1-2H3,(H,72,75)/b19-17-,25-23-,29-26-. The van der Waals surface area contributed by atoms with Gasteiger partial charge in [-0.15, -0.1) is 0 Å². The molecule has 0 aliphatic heterocycles. The molecule has 77 heavy (non-hydrogen) atoms. The molecule has 454 valence electrons. The van der Waals surface area contributed by atoms with Crippen molar-refractivity contribution in [1.82, 2.24) is 5.32 Å². The molecule has 6 heteroatoms. The van der Waals surface area contributed by atoms with E-state index in [-0.39, 0.29) is 18.5 Å². The molecule has 0 saturated carbocycles. The van der Waals surface area contributed by atoms with Gasteiger partial charge in [-0.25, -0.2) is 0 Å². The Balaban J connectivity index is 3.43. The molecule has 0 bridgehead atoms. The Hall–Kier alpha value is -1.92. The SMILES string of the molecule is CCCCCCCC/C=C\CCCCCCCCCCCC(=O)OCCCCCCCCCCC/C=C\C/C=C\CCCCCCCCCC(=O)NC(CO)C(O)CCCCCCCCCCCCCCCCCCCC. The lowest BCUT2D eigenvalue weighted by Crippen LogP contribution is -2.45. The molecule has 0 aromatic heterocycles. The highest BCUT2D eigenvalue weighted by Crippen LogP contribution is 2.18. The van der Waals surface area contributed by atoms with Crippen LogP contribution < -0.4 is 5.32 Å². The summed E-state index contributed by atoms with van der Waals surface area (Å²) in [5.41, 5.74) is 0. The van der Waals surface area contributed by atoms with Gasteiger partial charge in [-0.1, -0.05) is 320 Å². The number of hydrogen-bond donors (Lipinski definition) is 3. The van der Waals surface area contributed by atoms with Gasteiger partial charge in [-0.05, 0) is 83.5 Å². The molecule has 0 radical (unpaired) electrons. The van der Waals surface area contributed by atoms with Crippen LogP contribution in [-0.4, -0.2) is 47.4 Å². The average Bonchev–Trinajstić information content (AvgIpc) is 3.43. The lowest BCUT2D eigenvalue weighted by molar-refractivity contribution is -0.143. The summed E-state index contributed by atoms with van der Waals surface area (Å²) in [4.78, 5) is 24.6. The molecule has 0 rings (SSSR count). The van der Waals surface area contributed by atoms with Crippen molar-refractivity contribution in [2.75, 3.05) is 13.2 Å². The minimum Gasteiger partial charge on any atom is -0.466 e. The number of carbonyl (C=O) groups is 2. The summed E-state index contributed by atoms with van der Waals surface area (Å²) in [5, 5.41) is 23.4. The quantitative estimate of drug-likeness (QED) is 0.0320. The number of carbonyl (C=O) groups excluding carboxylic acids is 2. The van der Waals surface area contributed by atoms with Gasteiger partial charge in [0.1, 0.15) is 0 Å². The molecule has 0 saturated heterocycles. The molecule has 1 amide bonds. The van der Waals surface area contributed by atoms with E-state index in [1.807, 2.05) is 0 Å². The molecule has 0 aromatic rings. The number of nitrogens with one attached hydrogen (secondary N) is 1. The first-order valence-corrected chi connectivity index (χ1v) is 34.7. The summed E-state index contributed by atoms with van der Waals surface area (Å²) in [6, 6.07) is -0.550. The fraction of sp³-hybridized carbons (Fsp3) is 0.887. The normalized spacial score (nSPS) is 12.7. The Bertz CT molecular complexity index is 1250. The van der Waals surface area contributed by atoms with Crippen molar-refractivity contribution in [3.63, 3.8) is 0 Å². The molecule has 0 aliphatic rings. The van der Waals surface area contributed by atoms with Gasteiger partial charge < -0.3 is 20.3 Å². The number of amides is 1. The zero-order chi connectivity index (χ0) is 55.7. The highest BCUT2D eigenvalue weighted by Gasteiger charge is 2.20. The van der Waals surface area contributed by atoms with E-state index in [2.05, 4.69) is 55.6 Å². The van der Waals surface area contributed by atoms with Crippen molar-refractivity contribution in [3.8, 4) is 0 Å². The number of unbranched alkanes of at least 4 members (excludes halogenated alkanes) is 48. The summed E-state index contributed by atoms with van der Waals surface area (Å²) in [6.45, 7) is 4.97. The molecule has 2 unspecified atom stereocenters. The maximum atomic E-state index is 12.5. The van der Waals surface area contributed by atoms with E-state index in [1.54, 1.807) is 0 Å². The summed E-state index contributed by atoms with van der Waals surface area (Å²) in [7, 11) is 0. The molecule has 6 nitrogen and oxygen atoms in total. The van der Waals surface area contributed by atoms with Gasteiger partial charge in [0.05, 0.1) is 25.4 Å². The van der Waals surface area contributed by atoms with Gasteiger partial charge >= 0.3 is 5.97 Å². The van der Waals surface area contributed by atoms with Crippen LogP contribution in [0.15, 0.2) is 36.5 Å². The van der Waals surface area contributed by atoms with Crippen LogP contribution in [0.25, 0.3) is 0 Å². The van der Waals surface area contributed by atoms with Crippen molar-refractivity contribution in [2.24, 2.45) is 0 Å². The molecule has 0 aliphatic carbocycles. The molecular formula is C71H135NO5. The molecule has 0 heterocycles. The predicted octanol–water partition coefficient (Wildman–Crippen LogP) is 22.3. The molecule has 0 fully saturated rings. The van der Waals surface area contributed by atoms with Crippen LogP contribution in [0.2, 0.25) is 0 Å². The van der Waals surface area contributed by atoms with E-state index in [4.69, 9.17) is 4.74 Å². The Morgan fingerprint density at radius 2 is 0.649 bits per heavy atom. The van der Waals surface area contributed by atoms with Gasteiger partial charge in [0.25, 0.3) is 0 Å². The Morgan fingerprint density at radius 1 is 0.364 bits per heavy atom. The summed E-state index contributed by atoms with van der Waals surface area (Å²) in [5.74, 6) is -0.0353. The third kappa shape index (κ3) is 63.1. The first-order chi connectivity index (χ1) is 38.0. The van der Waals surface area contributed by atoms with Crippen molar-refractivity contribution < 1.29 is 24.5 Å². The minimum absolute atomic E-state index is 0.00721. The first kappa shape index (κ1) is 75.1. The second-order valence-corrected chi connectivity index (χ2v) is 23.9. The Morgan fingerprint density at radius 3 is 1.00 bits per heavy atom. The number of rotatable bonds is 65. The van der Waals surface area contributed by atoms with Crippen molar-refractivity contribution in [3.05, 3.63) is 36.5 Å². The van der Waals surface area contributed by atoms with E-state index in [1.165, 1.54) is 289 Å². The van der Waals surface area contributed by atoms with E-state index in [0.29, 0.717) is 25.9 Å². The van der Waals surface area contributed by atoms with E-state index in [0.717, 1.165) is 57.8 Å². The Kier molecular flexibility index (Phi) is 64.9.